The number of halogens is 2. The smallest absolute Gasteiger partial charge is 0.387 e. The lowest BCUT2D eigenvalue weighted by molar-refractivity contribution is -0.0498. The number of carboxylic acids is 1. The number of nitrogens with zero attached hydrogens (tertiary/aromatic N) is 3. The van der Waals surface area contributed by atoms with Crippen molar-refractivity contribution < 1.29 is 28.2 Å². The van der Waals surface area contributed by atoms with Gasteiger partial charge in [0.15, 0.2) is 5.69 Å². The molecule has 0 spiro atoms. The van der Waals surface area contributed by atoms with Crippen molar-refractivity contribution in [2.45, 2.75) is 19.5 Å². The molecule has 1 aromatic carbocycles. The second-order valence-electron chi connectivity index (χ2n) is 5.32. The molecule has 0 radical (unpaired) electrons. The topological polar surface area (TPSA) is 92.6 Å². The molecule has 0 bridgehead atoms. The number of amides is 1. The minimum absolute atomic E-state index is 0.00533. The van der Waals surface area contributed by atoms with Crippen LogP contribution in [0.3, 0.4) is 0 Å². The fourth-order valence-electron chi connectivity index (χ4n) is 2.65. The Morgan fingerprint density at radius 2 is 1.92 bits per heavy atom. The van der Waals surface area contributed by atoms with Gasteiger partial charge < -0.3 is 14.7 Å². The minimum atomic E-state index is -2.91. The van der Waals surface area contributed by atoms with Crippen LogP contribution in [0.4, 0.5) is 14.5 Å². The molecular weight excluding hydrogens is 336 g/mol. The summed E-state index contributed by atoms with van der Waals surface area (Å²) in [6.07, 6.45) is 3.40. The van der Waals surface area contributed by atoms with Crippen LogP contribution in [0, 0.1) is 0 Å². The Kier molecular flexibility index (Phi) is 4.55. The fraction of sp³-hybridized carbons (Fsp3) is 0.250. The third kappa shape index (κ3) is 3.54. The first kappa shape index (κ1) is 16.7. The van der Waals surface area contributed by atoms with Gasteiger partial charge in [-0.3, -0.25) is 4.79 Å². The van der Waals surface area contributed by atoms with Crippen LogP contribution in [0.25, 0.3) is 0 Å². The van der Waals surface area contributed by atoms with Gasteiger partial charge in [0, 0.05) is 12.2 Å². The van der Waals surface area contributed by atoms with Crippen LogP contribution >= 0.6 is 0 Å². The molecule has 1 amide bonds. The number of aromatic nitrogens is 2. The van der Waals surface area contributed by atoms with Crippen molar-refractivity contribution in [1.29, 1.82) is 0 Å². The molecule has 2 aromatic rings. The molecule has 1 N–H and O–H groups in total. The van der Waals surface area contributed by atoms with Crippen molar-refractivity contribution >= 4 is 17.6 Å². The maximum Gasteiger partial charge on any atom is 0.387 e. The Bertz CT molecular complexity index is 812. The number of carboxylic acid groups (broad SMARTS) is 1. The molecule has 9 heteroatoms. The van der Waals surface area contributed by atoms with Crippen LogP contribution in [-0.4, -0.2) is 40.1 Å². The van der Waals surface area contributed by atoms with E-state index in [0.717, 1.165) is 12.4 Å². The van der Waals surface area contributed by atoms with Gasteiger partial charge in [0.05, 0.1) is 12.4 Å². The zero-order valence-corrected chi connectivity index (χ0v) is 12.9. The summed E-state index contributed by atoms with van der Waals surface area (Å²) in [5.74, 6) is -1.64. The summed E-state index contributed by atoms with van der Waals surface area (Å²) in [4.78, 5) is 32.4. The van der Waals surface area contributed by atoms with E-state index in [0.29, 0.717) is 30.6 Å². The maximum absolute atomic E-state index is 12.6. The largest absolute Gasteiger partial charge is 0.476 e. The molecule has 25 heavy (non-hydrogen) atoms. The number of carbonyl (C=O) groups excluding carboxylic acids is 1. The molecule has 2 heterocycles. The first-order valence-electron chi connectivity index (χ1n) is 7.40. The van der Waals surface area contributed by atoms with E-state index >= 15 is 0 Å². The number of anilines is 1. The molecule has 1 aromatic heterocycles. The monoisotopic (exact) mass is 349 g/mol. The molecule has 130 valence electrons. The average molecular weight is 349 g/mol. The lowest BCUT2D eigenvalue weighted by Gasteiger charge is -2.29. The fourth-order valence-corrected chi connectivity index (χ4v) is 2.65. The summed E-state index contributed by atoms with van der Waals surface area (Å²) in [5, 5.41) is 8.82. The summed E-state index contributed by atoms with van der Waals surface area (Å²) < 4.78 is 29.0. The lowest BCUT2D eigenvalue weighted by Crippen LogP contribution is -2.36. The van der Waals surface area contributed by atoms with Gasteiger partial charge in [-0.05, 0) is 36.6 Å². The van der Waals surface area contributed by atoms with Gasteiger partial charge in [0.1, 0.15) is 11.4 Å². The SMILES string of the molecule is O=C(O)c1cnc(C(=O)N2CCCc3cc(OC(F)F)ccc32)cn1. The number of carbonyl (C=O) groups is 2. The molecule has 1 aliphatic heterocycles. The van der Waals surface area contributed by atoms with Crippen molar-refractivity contribution in [2.75, 3.05) is 11.4 Å². The summed E-state index contributed by atoms with van der Waals surface area (Å²) in [7, 11) is 0. The van der Waals surface area contributed by atoms with Crippen molar-refractivity contribution in [2.24, 2.45) is 0 Å². The molecule has 0 unspecified atom stereocenters. The third-order valence-electron chi connectivity index (χ3n) is 3.73. The van der Waals surface area contributed by atoms with Gasteiger partial charge in [0.25, 0.3) is 5.91 Å². The predicted octanol–water partition coefficient (Wildman–Crippen LogP) is 2.37. The first-order chi connectivity index (χ1) is 12.0. The highest BCUT2D eigenvalue weighted by atomic mass is 19.3. The van der Waals surface area contributed by atoms with Crippen LogP contribution in [0.15, 0.2) is 30.6 Å². The normalized spacial score (nSPS) is 13.5. The van der Waals surface area contributed by atoms with E-state index < -0.39 is 18.5 Å². The van der Waals surface area contributed by atoms with E-state index in [4.69, 9.17) is 5.11 Å². The standard InChI is InChI=1S/C16H13F2N3O4/c17-16(18)25-10-3-4-13-9(6-10)2-1-5-21(13)14(22)11-7-20-12(8-19-11)15(23)24/h3-4,6-8,16H,1-2,5H2,(H,23,24). The van der Waals surface area contributed by atoms with E-state index in [1.54, 1.807) is 6.07 Å². The highest BCUT2D eigenvalue weighted by Crippen LogP contribution is 2.31. The average Bonchev–Trinajstić information content (AvgIpc) is 2.60. The van der Waals surface area contributed by atoms with Crippen molar-refractivity contribution in [3.8, 4) is 5.75 Å². The Labute approximate surface area is 140 Å². The Morgan fingerprint density at radius 1 is 1.20 bits per heavy atom. The van der Waals surface area contributed by atoms with Gasteiger partial charge >= 0.3 is 12.6 Å². The van der Waals surface area contributed by atoms with Crippen molar-refractivity contribution in [3.63, 3.8) is 0 Å². The van der Waals surface area contributed by atoms with Gasteiger partial charge in [-0.25, -0.2) is 14.8 Å². The van der Waals surface area contributed by atoms with Crippen LogP contribution in [0.1, 0.15) is 33.0 Å². The number of aromatic carboxylic acids is 1. The van der Waals surface area contributed by atoms with Crippen LogP contribution in [-0.2, 0) is 6.42 Å². The van der Waals surface area contributed by atoms with Crippen LogP contribution in [0.2, 0.25) is 0 Å². The molecule has 0 fully saturated rings. The van der Waals surface area contributed by atoms with E-state index in [2.05, 4.69) is 14.7 Å². The quantitative estimate of drug-likeness (QED) is 0.911. The van der Waals surface area contributed by atoms with E-state index in [-0.39, 0.29) is 17.1 Å². The lowest BCUT2D eigenvalue weighted by atomic mass is 10.0. The highest BCUT2D eigenvalue weighted by Gasteiger charge is 2.25. The molecule has 0 aliphatic carbocycles. The highest BCUT2D eigenvalue weighted by molar-refractivity contribution is 6.05. The number of rotatable bonds is 4. The number of hydrogen-bond donors (Lipinski definition) is 1. The summed E-state index contributed by atoms with van der Waals surface area (Å²) >= 11 is 0. The number of hydrogen-bond acceptors (Lipinski definition) is 5. The van der Waals surface area contributed by atoms with Crippen molar-refractivity contribution in [3.05, 3.63) is 47.5 Å². The Hall–Kier alpha value is -3.10. The maximum atomic E-state index is 12.6. The molecule has 7 nitrogen and oxygen atoms in total. The summed E-state index contributed by atoms with van der Waals surface area (Å²) in [6.45, 7) is -2.48. The van der Waals surface area contributed by atoms with Gasteiger partial charge in [-0.15, -0.1) is 0 Å². The second-order valence-corrected chi connectivity index (χ2v) is 5.32. The Balaban J connectivity index is 1.86. The molecular formula is C16H13F2N3O4. The summed E-state index contributed by atoms with van der Waals surface area (Å²) in [5.41, 5.74) is 1.05. The molecule has 1 aliphatic rings. The number of ether oxygens (including phenoxy) is 1. The van der Waals surface area contributed by atoms with E-state index in [1.165, 1.54) is 17.0 Å². The van der Waals surface area contributed by atoms with E-state index in [1.807, 2.05) is 0 Å². The predicted molar refractivity (Wildman–Crippen MR) is 82.1 cm³/mol. The molecule has 0 saturated carbocycles. The minimum Gasteiger partial charge on any atom is -0.476 e. The van der Waals surface area contributed by atoms with Crippen LogP contribution in [0.5, 0.6) is 5.75 Å². The van der Waals surface area contributed by atoms with Crippen molar-refractivity contribution in [1.82, 2.24) is 9.97 Å². The number of alkyl halides is 2. The zero-order chi connectivity index (χ0) is 18.0. The third-order valence-corrected chi connectivity index (χ3v) is 3.73. The van der Waals surface area contributed by atoms with Crippen LogP contribution < -0.4 is 9.64 Å². The van der Waals surface area contributed by atoms with E-state index in [9.17, 15) is 18.4 Å². The number of benzene rings is 1. The van der Waals surface area contributed by atoms with Gasteiger partial charge in [-0.1, -0.05) is 0 Å². The molecule has 0 atom stereocenters. The van der Waals surface area contributed by atoms with Gasteiger partial charge in [0.2, 0.25) is 0 Å². The molecule has 0 saturated heterocycles. The van der Waals surface area contributed by atoms with Gasteiger partial charge in [-0.2, -0.15) is 8.78 Å². The number of aryl methyl sites for hydroxylation is 1. The second kappa shape index (κ2) is 6.80. The number of fused-ring (bicyclic) bond motifs is 1. The molecule has 3 rings (SSSR count). The summed E-state index contributed by atoms with van der Waals surface area (Å²) in [6, 6.07) is 4.40. The Morgan fingerprint density at radius 3 is 2.56 bits per heavy atom. The first-order valence-corrected chi connectivity index (χ1v) is 7.40. The zero-order valence-electron chi connectivity index (χ0n) is 12.9.